The van der Waals surface area contributed by atoms with E-state index in [-0.39, 0.29) is 18.0 Å². The second kappa shape index (κ2) is 9.71. The first-order valence-electron chi connectivity index (χ1n) is 11.9. The molecule has 0 amide bonds. The molecule has 2 saturated heterocycles. The van der Waals surface area contributed by atoms with Crippen molar-refractivity contribution < 1.29 is 9.13 Å². The number of tetrazole rings is 1. The Kier molecular flexibility index (Phi) is 6.57. The molecule has 1 saturated carbocycles. The van der Waals surface area contributed by atoms with E-state index in [4.69, 9.17) is 4.74 Å². The van der Waals surface area contributed by atoms with Gasteiger partial charge in [-0.2, -0.15) is 0 Å². The van der Waals surface area contributed by atoms with Gasteiger partial charge in [0.1, 0.15) is 5.82 Å². The highest BCUT2D eigenvalue weighted by atomic mass is 19.1. The summed E-state index contributed by atoms with van der Waals surface area (Å²) in [6, 6.07) is 7.48. The molecule has 5 rings (SSSR count). The minimum Gasteiger partial charge on any atom is -0.376 e. The van der Waals surface area contributed by atoms with Gasteiger partial charge in [0.25, 0.3) is 0 Å². The molecule has 0 bridgehead atoms. The Balaban J connectivity index is 1.36. The van der Waals surface area contributed by atoms with E-state index in [1.807, 2.05) is 16.8 Å². The first-order chi connectivity index (χ1) is 15.3. The van der Waals surface area contributed by atoms with E-state index in [9.17, 15) is 4.39 Å². The van der Waals surface area contributed by atoms with Gasteiger partial charge in [-0.1, -0.05) is 31.4 Å². The van der Waals surface area contributed by atoms with Gasteiger partial charge in [-0.05, 0) is 53.8 Å². The topological polar surface area (TPSA) is 59.3 Å². The lowest BCUT2D eigenvalue weighted by molar-refractivity contribution is 0.0595. The molecule has 1 aromatic carbocycles. The quantitative estimate of drug-likeness (QED) is 0.705. The summed E-state index contributed by atoms with van der Waals surface area (Å²) in [6.45, 7) is 5.54. The molecule has 1 aliphatic carbocycles. The number of rotatable bonds is 6. The number of hydrogen-bond donors (Lipinski definition) is 0. The maximum atomic E-state index is 13.7. The molecule has 168 valence electrons. The zero-order valence-corrected chi connectivity index (χ0v) is 18.2. The summed E-state index contributed by atoms with van der Waals surface area (Å²) in [7, 11) is 0. The number of piperazine rings is 1. The molecule has 1 aromatic heterocycles. The normalized spacial score (nSPS) is 25.1. The van der Waals surface area contributed by atoms with Gasteiger partial charge in [0, 0.05) is 38.8 Å². The van der Waals surface area contributed by atoms with Crippen LogP contribution in [0.25, 0.3) is 0 Å². The minimum atomic E-state index is -0.219. The molecule has 3 fully saturated rings. The van der Waals surface area contributed by atoms with Crippen LogP contribution in [0.3, 0.4) is 0 Å². The molecule has 2 aromatic rings. The molecule has 3 heterocycles. The van der Waals surface area contributed by atoms with Crippen molar-refractivity contribution in [1.82, 2.24) is 30.0 Å². The van der Waals surface area contributed by atoms with Crippen molar-refractivity contribution in [3.63, 3.8) is 0 Å². The highest BCUT2D eigenvalue weighted by Crippen LogP contribution is 2.30. The van der Waals surface area contributed by atoms with Crippen molar-refractivity contribution in [2.45, 2.75) is 69.7 Å². The molecule has 0 unspecified atom stereocenters. The van der Waals surface area contributed by atoms with E-state index in [1.54, 1.807) is 0 Å². The molecular formula is C23H33FN6O. The van der Waals surface area contributed by atoms with E-state index in [2.05, 4.69) is 25.3 Å². The summed E-state index contributed by atoms with van der Waals surface area (Å²) in [5.74, 6) is 0.608. The van der Waals surface area contributed by atoms with E-state index in [1.165, 1.54) is 44.2 Å². The number of hydrogen-bond acceptors (Lipinski definition) is 6. The molecule has 2 aliphatic heterocycles. The van der Waals surface area contributed by atoms with Gasteiger partial charge in [0.05, 0.1) is 18.7 Å². The van der Waals surface area contributed by atoms with E-state index >= 15 is 0 Å². The zero-order chi connectivity index (χ0) is 21.0. The maximum absolute atomic E-state index is 13.7. The van der Waals surface area contributed by atoms with Gasteiger partial charge < -0.3 is 4.74 Å². The maximum Gasteiger partial charge on any atom is 0.173 e. The van der Waals surface area contributed by atoms with Crippen molar-refractivity contribution >= 4 is 0 Å². The lowest BCUT2D eigenvalue weighted by Crippen LogP contribution is -2.52. The fourth-order valence-electron chi connectivity index (χ4n) is 5.49. The van der Waals surface area contributed by atoms with Crippen LogP contribution < -0.4 is 0 Å². The van der Waals surface area contributed by atoms with Gasteiger partial charge in [0.15, 0.2) is 5.82 Å². The Morgan fingerprint density at radius 1 is 0.968 bits per heavy atom. The van der Waals surface area contributed by atoms with Crippen LogP contribution in [0.1, 0.15) is 62.4 Å². The number of halogens is 1. The average Bonchev–Trinajstić information content (AvgIpc) is 3.49. The Hall–Kier alpha value is -1.90. The first kappa shape index (κ1) is 21.0. The van der Waals surface area contributed by atoms with Crippen LogP contribution in [0.15, 0.2) is 24.3 Å². The van der Waals surface area contributed by atoms with Crippen LogP contribution in [0, 0.1) is 5.82 Å². The number of benzene rings is 1. The summed E-state index contributed by atoms with van der Waals surface area (Å²) >= 11 is 0. The van der Waals surface area contributed by atoms with Crippen LogP contribution in [0.4, 0.5) is 4.39 Å². The fourth-order valence-corrected chi connectivity index (χ4v) is 5.49. The number of ether oxygens (including phenoxy) is 1. The summed E-state index contributed by atoms with van der Waals surface area (Å²) < 4.78 is 21.4. The Morgan fingerprint density at radius 3 is 2.45 bits per heavy atom. The lowest BCUT2D eigenvalue weighted by Gasteiger charge is -2.43. The summed E-state index contributed by atoms with van der Waals surface area (Å²) in [6.07, 6.45) is 9.08. The van der Waals surface area contributed by atoms with Crippen molar-refractivity contribution in [2.75, 3.05) is 32.8 Å². The van der Waals surface area contributed by atoms with E-state index in [0.717, 1.165) is 63.1 Å². The molecule has 0 N–H and O–H groups in total. The molecule has 3 aliphatic rings. The standard InChI is InChI=1S/C23H33FN6O/c24-19-10-8-18(9-11-19)22(23-25-26-27-30(23)17-21-7-4-16-31-21)29-14-12-28(13-15-29)20-5-2-1-3-6-20/h8-11,20-22H,1-7,12-17H2/t21-,22+/m0/s1. The number of nitrogens with zero attached hydrogens (tertiary/aromatic N) is 6. The van der Waals surface area contributed by atoms with Crippen LogP contribution in [-0.2, 0) is 11.3 Å². The van der Waals surface area contributed by atoms with Crippen LogP contribution in [-0.4, -0.2) is 74.9 Å². The zero-order valence-electron chi connectivity index (χ0n) is 18.2. The van der Waals surface area contributed by atoms with Gasteiger partial charge in [-0.15, -0.1) is 5.10 Å². The summed E-state index contributed by atoms with van der Waals surface area (Å²) in [4.78, 5) is 5.14. The van der Waals surface area contributed by atoms with Crippen LogP contribution >= 0.6 is 0 Å². The molecule has 7 nitrogen and oxygen atoms in total. The molecule has 0 radical (unpaired) electrons. The molecular weight excluding hydrogens is 395 g/mol. The fraction of sp³-hybridized carbons (Fsp3) is 0.696. The molecule has 31 heavy (non-hydrogen) atoms. The Bertz CT molecular complexity index is 823. The van der Waals surface area contributed by atoms with Crippen molar-refractivity contribution in [3.05, 3.63) is 41.5 Å². The van der Waals surface area contributed by atoms with E-state index < -0.39 is 0 Å². The second-order valence-electron chi connectivity index (χ2n) is 9.17. The molecule has 0 spiro atoms. The SMILES string of the molecule is Fc1ccc([C@H](c2nnnn2C[C@@H]2CCCO2)N2CCN(C3CCCCC3)CC2)cc1. The third kappa shape index (κ3) is 4.81. The van der Waals surface area contributed by atoms with Gasteiger partial charge in [-0.3, -0.25) is 9.80 Å². The van der Waals surface area contributed by atoms with Gasteiger partial charge in [0.2, 0.25) is 0 Å². The third-order valence-electron chi connectivity index (χ3n) is 7.20. The largest absolute Gasteiger partial charge is 0.376 e. The van der Waals surface area contributed by atoms with Crippen LogP contribution in [0.5, 0.6) is 0 Å². The Labute approximate surface area is 183 Å². The lowest BCUT2D eigenvalue weighted by atomic mass is 9.93. The van der Waals surface area contributed by atoms with Crippen molar-refractivity contribution in [3.8, 4) is 0 Å². The van der Waals surface area contributed by atoms with Gasteiger partial charge in [-0.25, -0.2) is 9.07 Å². The van der Waals surface area contributed by atoms with Crippen LogP contribution in [0.2, 0.25) is 0 Å². The Morgan fingerprint density at radius 2 is 1.74 bits per heavy atom. The van der Waals surface area contributed by atoms with Crippen molar-refractivity contribution in [2.24, 2.45) is 0 Å². The van der Waals surface area contributed by atoms with Crippen molar-refractivity contribution in [1.29, 1.82) is 0 Å². The highest BCUT2D eigenvalue weighted by Gasteiger charge is 2.33. The molecule has 8 heteroatoms. The summed E-state index contributed by atoms with van der Waals surface area (Å²) in [5.41, 5.74) is 1.04. The average molecular weight is 429 g/mol. The highest BCUT2D eigenvalue weighted by molar-refractivity contribution is 5.25. The predicted octanol–water partition coefficient (Wildman–Crippen LogP) is 3.03. The first-order valence-corrected chi connectivity index (χ1v) is 11.9. The third-order valence-corrected chi connectivity index (χ3v) is 7.20. The minimum absolute atomic E-state index is 0.0782. The monoisotopic (exact) mass is 428 g/mol. The van der Waals surface area contributed by atoms with Gasteiger partial charge >= 0.3 is 0 Å². The molecule has 2 atom stereocenters. The predicted molar refractivity (Wildman–Crippen MR) is 115 cm³/mol. The smallest absolute Gasteiger partial charge is 0.173 e. The summed E-state index contributed by atoms with van der Waals surface area (Å²) in [5, 5.41) is 12.7. The number of aromatic nitrogens is 4. The second-order valence-corrected chi connectivity index (χ2v) is 9.17. The van der Waals surface area contributed by atoms with E-state index in [0.29, 0.717) is 6.54 Å².